The largest absolute Gasteiger partial charge is 0.458 e. The van der Waals surface area contributed by atoms with Crippen LogP contribution in [-0.4, -0.2) is 27.2 Å². The van der Waals surface area contributed by atoms with Gasteiger partial charge in [-0.1, -0.05) is 30.7 Å². The summed E-state index contributed by atoms with van der Waals surface area (Å²) < 4.78 is 6.78. The fraction of sp³-hybridized carbons (Fsp3) is 0.250. The minimum Gasteiger partial charge on any atom is -0.458 e. The highest BCUT2D eigenvalue weighted by atomic mass is 35.5. The first-order chi connectivity index (χ1) is 17.8. The number of carbonyl (C=O) groups excluding carboxylic acids is 1. The molecular weight excluding hydrogens is 492 g/mol. The van der Waals surface area contributed by atoms with Crippen LogP contribution in [0, 0.1) is 0 Å². The maximum atomic E-state index is 13.4. The van der Waals surface area contributed by atoms with E-state index in [9.17, 15) is 14.7 Å². The second-order valence-corrected chi connectivity index (χ2v) is 9.98. The minimum absolute atomic E-state index is 0.0979. The fourth-order valence-corrected chi connectivity index (χ4v) is 5.37. The van der Waals surface area contributed by atoms with Crippen LogP contribution in [0.5, 0.6) is 0 Å². The third-order valence-electron chi connectivity index (χ3n) is 7.28. The zero-order valence-electron chi connectivity index (χ0n) is 20.2. The van der Waals surface area contributed by atoms with E-state index in [0.29, 0.717) is 46.3 Å². The van der Waals surface area contributed by atoms with Crippen LogP contribution in [0.2, 0.25) is 5.02 Å². The van der Waals surface area contributed by atoms with Crippen molar-refractivity contribution in [3.05, 3.63) is 86.2 Å². The minimum atomic E-state index is -1.86. The summed E-state index contributed by atoms with van der Waals surface area (Å²) in [5.41, 5.74) is 10.0. The SMILES string of the molecule is CC[C@@]1(O)C(=O)OCc2c1cc1n(c2=O)Cc2cc3cc(N)cc(NCCc4ccc(Cl)cc4)c3nc2-1. The molecule has 0 amide bonds. The molecule has 2 aromatic carbocycles. The molecule has 0 fully saturated rings. The van der Waals surface area contributed by atoms with Gasteiger partial charge in [-0.2, -0.15) is 0 Å². The molecule has 6 rings (SSSR count). The molecular formula is C28H25ClN4O4. The Labute approximate surface area is 217 Å². The molecule has 2 aliphatic heterocycles. The van der Waals surface area contributed by atoms with Gasteiger partial charge in [0.05, 0.1) is 34.7 Å². The van der Waals surface area contributed by atoms with E-state index in [-0.39, 0.29) is 18.6 Å². The summed E-state index contributed by atoms with van der Waals surface area (Å²) in [6.45, 7) is 2.54. The Morgan fingerprint density at radius 2 is 1.97 bits per heavy atom. The van der Waals surface area contributed by atoms with Gasteiger partial charge in [-0.15, -0.1) is 0 Å². The second kappa shape index (κ2) is 8.61. The number of cyclic esters (lactones) is 1. The van der Waals surface area contributed by atoms with E-state index in [1.54, 1.807) is 17.6 Å². The Bertz CT molecular complexity index is 1650. The number of fused-ring (bicyclic) bond motifs is 5. The van der Waals surface area contributed by atoms with Crippen molar-refractivity contribution in [1.29, 1.82) is 0 Å². The highest BCUT2D eigenvalue weighted by Gasteiger charge is 2.45. The third-order valence-corrected chi connectivity index (χ3v) is 7.53. The number of rotatable bonds is 5. The lowest BCUT2D eigenvalue weighted by atomic mass is 9.86. The van der Waals surface area contributed by atoms with Crippen molar-refractivity contribution in [3.63, 3.8) is 0 Å². The van der Waals surface area contributed by atoms with Crippen LogP contribution in [0.25, 0.3) is 22.3 Å². The maximum Gasteiger partial charge on any atom is 0.343 e. The molecule has 2 aromatic heterocycles. The molecule has 9 heteroatoms. The summed E-state index contributed by atoms with van der Waals surface area (Å²) in [7, 11) is 0. The van der Waals surface area contributed by atoms with Gasteiger partial charge in [0.25, 0.3) is 5.56 Å². The van der Waals surface area contributed by atoms with Crippen LogP contribution in [-0.2, 0) is 34.7 Å². The molecule has 0 radical (unpaired) electrons. The zero-order valence-corrected chi connectivity index (χ0v) is 20.9. The number of nitrogens with zero attached hydrogens (tertiary/aromatic N) is 2. The van der Waals surface area contributed by atoms with Crippen LogP contribution in [0.15, 0.2) is 53.3 Å². The Balaban J connectivity index is 1.42. The van der Waals surface area contributed by atoms with E-state index in [1.165, 1.54) is 0 Å². The molecule has 0 saturated heterocycles. The molecule has 0 aliphatic carbocycles. The van der Waals surface area contributed by atoms with Crippen molar-refractivity contribution >= 4 is 39.8 Å². The number of ether oxygens (including phenoxy) is 1. The van der Waals surface area contributed by atoms with Crippen molar-refractivity contribution in [3.8, 4) is 11.4 Å². The lowest BCUT2D eigenvalue weighted by Crippen LogP contribution is -2.44. The number of hydrogen-bond donors (Lipinski definition) is 3. The number of aliphatic hydroxyl groups is 1. The van der Waals surface area contributed by atoms with Crippen molar-refractivity contribution in [2.45, 2.75) is 38.5 Å². The molecule has 2 aliphatic rings. The summed E-state index contributed by atoms with van der Waals surface area (Å²) in [5, 5.41) is 16.1. The number of esters is 1. The van der Waals surface area contributed by atoms with Gasteiger partial charge in [0, 0.05) is 33.8 Å². The van der Waals surface area contributed by atoms with Crippen molar-refractivity contribution < 1.29 is 14.6 Å². The number of aromatic nitrogens is 2. The van der Waals surface area contributed by atoms with Gasteiger partial charge in [-0.3, -0.25) is 4.79 Å². The highest BCUT2D eigenvalue weighted by molar-refractivity contribution is 6.30. The molecule has 0 unspecified atom stereocenters. The van der Waals surface area contributed by atoms with Gasteiger partial charge in [-0.25, -0.2) is 9.78 Å². The van der Waals surface area contributed by atoms with Crippen LogP contribution in [0.3, 0.4) is 0 Å². The van der Waals surface area contributed by atoms with E-state index in [4.69, 9.17) is 27.1 Å². The molecule has 8 nitrogen and oxygen atoms in total. The quantitative estimate of drug-likeness (QED) is 0.239. The Kier molecular flexibility index (Phi) is 5.47. The number of pyridine rings is 2. The number of halogens is 1. The second-order valence-electron chi connectivity index (χ2n) is 9.54. The lowest BCUT2D eigenvalue weighted by Gasteiger charge is -2.31. The van der Waals surface area contributed by atoms with Crippen molar-refractivity contribution in [2.75, 3.05) is 17.6 Å². The average molecular weight is 517 g/mol. The number of hydrogen-bond acceptors (Lipinski definition) is 7. The predicted molar refractivity (Wildman–Crippen MR) is 143 cm³/mol. The van der Waals surface area contributed by atoms with Crippen LogP contribution >= 0.6 is 11.6 Å². The van der Waals surface area contributed by atoms with Crippen molar-refractivity contribution in [2.24, 2.45) is 0 Å². The summed E-state index contributed by atoms with van der Waals surface area (Å²) >= 11 is 5.99. The van der Waals surface area contributed by atoms with Gasteiger partial charge < -0.3 is 25.5 Å². The molecule has 188 valence electrons. The first-order valence-electron chi connectivity index (χ1n) is 12.2. The monoisotopic (exact) mass is 516 g/mol. The molecule has 4 N–H and O–H groups in total. The molecule has 1 atom stereocenters. The van der Waals surface area contributed by atoms with Crippen LogP contribution in [0.1, 0.15) is 35.6 Å². The molecule has 37 heavy (non-hydrogen) atoms. The fourth-order valence-electron chi connectivity index (χ4n) is 5.25. The Morgan fingerprint density at radius 1 is 1.19 bits per heavy atom. The average Bonchev–Trinajstić information content (AvgIpc) is 3.24. The topological polar surface area (TPSA) is 119 Å². The van der Waals surface area contributed by atoms with Crippen LogP contribution in [0.4, 0.5) is 11.4 Å². The first kappa shape index (κ1) is 23.5. The lowest BCUT2D eigenvalue weighted by molar-refractivity contribution is -0.172. The van der Waals surface area contributed by atoms with Gasteiger partial charge in [0.1, 0.15) is 6.61 Å². The van der Waals surface area contributed by atoms with E-state index < -0.39 is 11.6 Å². The number of carbonyl (C=O) groups is 1. The number of nitrogens with one attached hydrogen (secondary N) is 1. The number of nitrogens with two attached hydrogens (primary N) is 1. The summed E-state index contributed by atoms with van der Waals surface area (Å²) in [4.78, 5) is 30.8. The van der Waals surface area contributed by atoms with Crippen LogP contribution < -0.4 is 16.6 Å². The first-order valence-corrected chi connectivity index (χ1v) is 12.5. The van der Waals surface area contributed by atoms with Gasteiger partial charge in [0.2, 0.25) is 0 Å². The Hall–Kier alpha value is -3.88. The van der Waals surface area contributed by atoms with Crippen molar-refractivity contribution in [1.82, 2.24) is 9.55 Å². The zero-order chi connectivity index (χ0) is 25.9. The van der Waals surface area contributed by atoms with E-state index in [0.717, 1.165) is 34.1 Å². The molecule has 4 aromatic rings. The Morgan fingerprint density at radius 3 is 2.73 bits per heavy atom. The summed E-state index contributed by atoms with van der Waals surface area (Å²) in [6, 6.07) is 15.2. The van der Waals surface area contributed by atoms with Gasteiger partial charge in [-0.05, 0) is 54.8 Å². The third kappa shape index (κ3) is 3.75. The van der Waals surface area contributed by atoms with Gasteiger partial charge in [0.15, 0.2) is 5.60 Å². The number of nitrogen functional groups attached to an aromatic ring is 1. The van der Waals surface area contributed by atoms with E-state index >= 15 is 0 Å². The summed E-state index contributed by atoms with van der Waals surface area (Å²) in [6.07, 6.45) is 0.884. The smallest absolute Gasteiger partial charge is 0.343 e. The standard InChI is InChI=1S/C28H25ClN4O4/c1-2-28(36)21-12-23-25-17(13-33(23)26(34)20(21)14-37-27(28)35)9-16-10-19(30)11-22(24(16)32-25)31-8-7-15-3-5-18(29)6-4-15/h3-6,9-12,31,36H,2,7-8,13-14,30H2,1H3/t28-/m0/s1. The van der Waals surface area contributed by atoms with E-state index in [2.05, 4.69) is 5.32 Å². The molecule has 4 heterocycles. The molecule has 0 saturated carbocycles. The summed E-state index contributed by atoms with van der Waals surface area (Å²) in [5.74, 6) is -0.737. The maximum absolute atomic E-state index is 13.4. The number of benzene rings is 2. The predicted octanol–water partition coefficient (Wildman–Crippen LogP) is 3.97. The van der Waals surface area contributed by atoms with Gasteiger partial charge >= 0.3 is 5.97 Å². The normalized spacial score (nSPS) is 17.8. The molecule has 0 bridgehead atoms. The highest BCUT2D eigenvalue weighted by Crippen LogP contribution is 2.39. The van der Waals surface area contributed by atoms with E-state index in [1.807, 2.05) is 42.5 Å². The number of anilines is 2. The molecule has 0 spiro atoms.